The van der Waals surface area contributed by atoms with Gasteiger partial charge in [0.05, 0.1) is 19.4 Å². The van der Waals surface area contributed by atoms with Crippen molar-refractivity contribution in [1.82, 2.24) is 15.5 Å². The number of alkyl halides is 2. The van der Waals surface area contributed by atoms with Crippen molar-refractivity contribution in [3.63, 3.8) is 0 Å². The first-order valence-corrected chi connectivity index (χ1v) is 8.73. The molecule has 152 valence electrons. The van der Waals surface area contributed by atoms with E-state index in [1.807, 2.05) is 6.07 Å². The highest BCUT2D eigenvalue weighted by Gasteiger charge is 2.10. The molecule has 0 aliphatic carbocycles. The van der Waals surface area contributed by atoms with E-state index in [0.717, 1.165) is 5.76 Å². The SMILES string of the molecule is CN(C)C(=O)CNC(=NCc1ccccc1OC(F)F)NCCc1ccco1. The predicted molar refractivity (Wildman–Crippen MR) is 101 cm³/mol. The molecule has 0 radical (unpaired) electrons. The quantitative estimate of drug-likeness (QED) is 0.504. The molecule has 0 aliphatic rings. The van der Waals surface area contributed by atoms with E-state index in [4.69, 9.17) is 4.42 Å². The Morgan fingerprint density at radius 2 is 2.00 bits per heavy atom. The van der Waals surface area contributed by atoms with Crippen molar-refractivity contribution >= 4 is 11.9 Å². The highest BCUT2D eigenvalue weighted by atomic mass is 19.3. The Morgan fingerprint density at radius 3 is 2.68 bits per heavy atom. The largest absolute Gasteiger partial charge is 0.469 e. The Balaban J connectivity index is 2.02. The number of likely N-dealkylation sites (N-methyl/N-ethyl adjacent to an activating group) is 1. The van der Waals surface area contributed by atoms with Crippen LogP contribution in [0.3, 0.4) is 0 Å². The highest BCUT2D eigenvalue weighted by Crippen LogP contribution is 2.20. The molecule has 2 aromatic rings. The number of benzene rings is 1. The fourth-order valence-corrected chi connectivity index (χ4v) is 2.26. The Labute approximate surface area is 162 Å². The van der Waals surface area contributed by atoms with Gasteiger partial charge < -0.3 is 24.7 Å². The number of ether oxygens (including phenoxy) is 1. The maximum Gasteiger partial charge on any atom is 0.387 e. The summed E-state index contributed by atoms with van der Waals surface area (Å²) in [5.74, 6) is 1.14. The van der Waals surface area contributed by atoms with Crippen LogP contribution in [0, 0.1) is 0 Å². The summed E-state index contributed by atoms with van der Waals surface area (Å²) in [5.41, 5.74) is 0.508. The molecule has 1 amide bonds. The first-order chi connectivity index (χ1) is 13.5. The third-order valence-electron chi connectivity index (χ3n) is 3.75. The molecule has 0 atom stereocenters. The second-order valence-corrected chi connectivity index (χ2v) is 6.05. The fraction of sp³-hybridized carbons (Fsp3) is 0.368. The minimum Gasteiger partial charge on any atom is -0.469 e. The lowest BCUT2D eigenvalue weighted by Crippen LogP contribution is -2.43. The van der Waals surface area contributed by atoms with E-state index < -0.39 is 6.61 Å². The number of aliphatic imine (C=N–C) groups is 1. The predicted octanol–water partition coefficient (Wildman–Crippen LogP) is 2.25. The molecule has 1 aromatic carbocycles. The molecule has 7 nitrogen and oxygen atoms in total. The molecule has 1 aromatic heterocycles. The van der Waals surface area contributed by atoms with Crippen LogP contribution in [0.4, 0.5) is 8.78 Å². The van der Waals surface area contributed by atoms with Crippen LogP contribution in [0.5, 0.6) is 5.75 Å². The Kier molecular flexibility index (Phi) is 8.26. The van der Waals surface area contributed by atoms with Gasteiger partial charge in [0.1, 0.15) is 11.5 Å². The summed E-state index contributed by atoms with van der Waals surface area (Å²) in [7, 11) is 3.31. The molecule has 0 unspecified atom stereocenters. The van der Waals surface area contributed by atoms with Crippen molar-refractivity contribution in [3.05, 3.63) is 54.0 Å². The Hall–Kier alpha value is -3.10. The van der Waals surface area contributed by atoms with Gasteiger partial charge in [-0.25, -0.2) is 4.99 Å². The van der Waals surface area contributed by atoms with Gasteiger partial charge in [0.25, 0.3) is 0 Å². The topological polar surface area (TPSA) is 79.1 Å². The van der Waals surface area contributed by atoms with Gasteiger partial charge in [0.15, 0.2) is 5.96 Å². The number of carbonyl (C=O) groups excluding carboxylic acids is 1. The average molecular weight is 394 g/mol. The lowest BCUT2D eigenvalue weighted by atomic mass is 10.2. The summed E-state index contributed by atoms with van der Waals surface area (Å²) >= 11 is 0. The number of nitrogens with one attached hydrogen (secondary N) is 2. The van der Waals surface area contributed by atoms with E-state index in [1.54, 1.807) is 44.6 Å². The van der Waals surface area contributed by atoms with E-state index in [0.29, 0.717) is 24.5 Å². The van der Waals surface area contributed by atoms with Crippen molar-refractivity contribution in [1.29, 1.82) is 0 Å². The number of amides is 1. The lowest BCUT2D eigenvalue weighted by molar-refractivity contribution is -0.127. The van der Waals surface area contributed by atoms with E-state index in [9.17, 15) is 13.6 Å². The molecular formula is C19H24F2N4O3. The summed E-state index contributed by atoms with van der Waals surface area (Å²) in [4.78, 5) is 17.7. The standard InChI is InChI=1S/C19H24F2N4O3/c1-25(2)17(26)13-24-19(22-10-9-15-7-5-11-27-15)23-12-14-6-3-4-8-16(14)28-18(20)21/h3-8,11,18H,9-10,12-13H2,1-2H3,(H2,22,23,24). The number of furan rings is 1. The number of rotatable bonds is 9. The molecule has 1 heterocycles. The zero-order valence-electron chi connectivity index (χ0n) is 15.8. The number of halogens is 2. The minimum atomic E-state index is -2.91. The van der Waals surface area contributed by atoms with Gasteiger partial charge in [-0.05, 0) is 18.2 Å². The van der Waals surface area contributed by atoms with Crippen molar-refractivity contribution in [2.24, 2.45) is 4.99 Å². The van der Waals surface area contributed by atoms with Crippen molar-refractivity contribution in [2.75, 3.05) is 27.2 Å². The molecule has 2 N–H and O–H groups in total. The van der Waals surface area contributed by atoms with Crippen LogP contribution in [0.15, 0.2) is 52.1 Å². The van der Waals surface area contributed by atoms with Crippen molar-refractivity contribution < 1.29 is 22.7 Å². The average Bonchev–Trinajstić information content (AvgIpc) is 3.17. The molecule has 0 fully saturated rings. The number of hydrogen-bond acceptors (Lipinski definition) is 4. The maximum atomic E-state index is 12.6. The van der Waals surface area contributed by atoms with E-state index in [1.165, 1.54) is 11.0 Å². The number of carbonyl (C=O) groups is 1. The van der Waals surface area contributed by atoms with Gasteiger partial charge in [-0.15, -0.1) is 0 Å². The van der Waals surface area contributed by atoms with E-state index in [2.05, 4.69) is 20.4 Å². The van der Waals surface area contributed by atoms with Crippen molar-refractivity contribution in [2.45, 2.75) is 19.6 Å². The van der Waals surface area contributed by atoms with Crippen LogP contribution in [-0.4, -0.2) is 50.6 Å². The molecule has 2 rings (SSSR count). The smallest absolute Gasteiger partial charge is 0.387 e. The second kappa shape index (κ2) is 10.9. The van der Waals surface area contributed by atoms with E-state index in [-0.39, 0.29) is 24.7 Å². The molecular weight excluding hydrogens is 370 g/mol. The first-order valence-electron chi connectivity index (χ1n) is 8.73. The molecule has 28 heavy (non-hydrogen) atoms. The normalized spacial score (nSPS) is 11.4. The second-order valence-electron chi connectivity index (χ2n) is 6.05. The summed E-state index contributed by atoms with van der Waals surface area (Å²) in [6, 6.07) is 10.1. The van der Waals surface area contributed by atoms with Crippen LogP contribution in [0.1, 0.15) is 11.3 Å². The summed E-state index contributed by atoms with van der Waals surface area (Å²) in [6.45, 7) is -2.24. The van der Waals surface area contributed by atoms with Crippen LogP contribution in [0.25, 0.3) is 0 Å². The zero-order chi connectivity index (χ0) is 20.4. The van der Waals surface area contributed by atoms with Gasteiger partial charge in [-0.1, -0.05) is 18.2 Å². The Morgan fingerprint density at radius 1 is 1.21 bits per heavy atom. The molecule has 0 saturated carbocycles. The van der Waals surface area contributed by atoms with Crippen LogP contribution < -0.4 is 15.4 Å². The van der Waals surface area contributed by atoms with Gasteiger partial charge in [0, 0.05) is 32.6 Å². The summed E-state index contributed by atoms with van der Waals surface area (Å²) in [6.07, 6.45) is 2.22. The molecule has 0 bridgehead atoms. The van der Waals surface area contributed by atoms with Crippen molar-refractivity contribution in [3.8, 4) is 5.75 Å². The van der Waals surface area contributed by atoms with Crippen LogP contribution >= 0.6 is 0 Å². The highest BCUT2D eigenvalue weighted by molar-refractivity contribution is 5.86. The lowest BCUT2D eigenvalue weighted by Gasteiger charge is -2.15. The molecule has 0 aliphatic heterocycles. The van der Waals surface area contributed by atoms with E-state index >= 15 is 0 Å². The number of hydrogen-bond donors (Lipinski definition) is 2. The first kappa shape index (κ1) is 21.2. The van der Waals surface area contributed by atoms with Crippen LogP contribution in [-0.2, 0) is 17.8 Å². The fourth-order valence-electron chi connectivity index (χ4n) is 2.26. The zero-order valence-corrected chi connectivity index (χ0v) is 15.8. The van der Waals surface area contributed by atoms with Gasteiger partial charge in [-0.2, -0.15) is 8.78 Å². The van der Waals surface area contributed by atoms with Gasteiger partial charge in [-0.3, -0.25) is 4.79 Å². The monoisotopic (exact) mass is 394 g/mol. The van der Waals surface area contributed by atoms with Crippen LogP contribution in [0.2, 0.25) is 0 Å². The van der Waals surface area contributed by atoms with Gasteiger partial charge in [0.2, 0.25) is 5.91 Å². The molecule has 0 spiro atoms. The number of guanidine groups is 1. The third kappa shape index (κ3) is 7.26. The third-order valence-corrected chi connectivity index (χ3v) is 3.75. The summed E-state index contributed by atoms with van der Waals surface area (Å²) in [5, 5.41) is 6.04. The number of para-hydroxylation sites is 1. The number of nitrogens with zero attached hydrogens (tertiary/aromatic N) is 2. The van der Waals surface area contributed by atoms with Gasteiger partial charge >= 0.3 is 6.61 Å². The summed E-state index contributed by atoms with van der Waals surface area (Å²) < 4.78 is 34.9. The molecule has 9 heteroatoms. The Bertz CT molecular complexity index is 764. The molecule has 0 saturated heterocycles. The maximum absolute atomic E-state index is 12.6. The minimum absolute atomic E-state index is 0.0504.